The molecule has 1 aromatic carbocycles. The van der Waals surface area contributed by atoms with E-state index in [1.165, 1.54) is 6.07 Å². The van der Waals surface area contributed by atoms with Gasteiger partial charge in [0.15, 0.2) is 9.84 Å². The smallest absolute Gasteiger partial charge is 0.150 e. The van der Waals surface area contributed by atoms with Crippen molar-refractivity contribution in [2.24, 2.45) is 5.92 Å². The number of hydrogen-bond donors (Lipinski definition) is 1. The number of benzene rings is 1. The van der Waals surface area contributed by atoms with Gasteiger partial charge in [-0.3, -0.25) is 0 Å². The van der Waals surface area contributed by atoms with Crippen molar-refractivity contribution < 1.29 is 12.8 Å². The van der Waals surface area contributed by atoms with Crippen LogP contribution in [0.3, 0.4) is 0 Å². The maximum Gasteiger partial charge on any atom is 0.150 e. The van der Waals surface area contributed by atoms with Crippen molar-refractivity contribution in [2.45, 2.75) is 12.3 Å². The molecule has 0 aliphatic carbocycles. The largest absolute Gasteiger partial charge is 0.319 e. The number of nitrogens with one attached hydrogen (secondary N) is 1. The summed E-state index contributed by atoms with van der Waals surface area (Å²) in [6, 6.07) is 6.63. The number of likely N-dealkylation sites (N-methyl/N-ethyl adjacent to an activating group) is 1. The summed E-state index contributed by atoms with van der Waals surface area (Å²) in [4.78, 5) is 0. The average Bonchev–Trinajstić information content (AvgIpc) is 2.68. The molecule has 0 saturated carbocycles. The van der Waals surface area contributed by atoms with Gasteiger partial charge in [-0.05, 0) is 31.0 Å². The van der Waals surface area contributed by atoms with E-state index in [1.54, 1.807) is 25.2 Å². The van der Waals surface area contributed by atoms with Gasteiger partial charge in [-0.2, -0.15) is 0 Å². The molecule has 0 radical (unpaired) electrons. The third kappa shape index (κ3) is 2.90. The van der Waals surface area contributed by atoms with Crippen LogP contribution in [0, 0.1) is 11.7 Å². The van der Waals surface area contributed by atoms with Gasteiger partial charge in [0.05, 0.1) is 11.5 Å². The van der Waals surface area contributed by atoms with E-state index in [-0.39, 0.29) is 29.2 Å². The Morgan fingerprint density at radius 1 is 1.44 bits per heavy atom. The Morgan fingerprint density at radius 3 is 2.72 bits per heavy atom. The van der Waals surface area contributed by atoms with Crippen LogP contribution in [0.4, 0.5) is 4.39 Å². The molecule has 1 aromatic rings. The Balaban J connectivity index is 2.27. The molecule has 0 spiro atoms. The van der Waals surface area contributed by atoms with Crippen LogP contribution in [0.2, 0.25) is 0 Å². The molecule has 3 nitrogen and oxygen atoms in total. The van der Waals surface area contributed by atoms with Crippen LogP contribution in [0.25, 0.3) is 0 Å². The zero-order chi connectivity index (χ0) is 13.2. The third-order valence-electron chi connectivity index (χ3n) is 3.57. The van der Waals surface area contributed by atoms with E-state index < -0.39 is 9.84 Å². The summed E-state index contributed by atoms with van der Waals surface area (Å²) in [7, 11) is -1.13. The molecule has 100 valence electrons. The minimum atomic E-state index is -2.93. The van der Waals surface area contributed by atoms with Gasteiger partial charge in [-0.25, -0.2) is 12.8 Å². The van der Waals surface area contributed by atoms with Gasteiger partial charge in [0.1, 0.15) is 5.82 Å². The Kier molecular flexibility index (Phi) is 4.02. The minimum Gasteiger partial charge on any atom is -0.319 e. The second-order valence-corrected chi connectivity index (χ2v) is 7.08. The van der Waals surface area contributed by atoms with Crippen molar-refractivity contribution in [3.8, 4) is 0 Å². The normalized spacial score (nSPS) is 24.0. The molecule has 1 aliphatic rings. The van der Waals surface area contributed by atoms with Gasteiger partial charge in [-0.1, -0.05) is 18.2 Å². The Morgan fingerprint density at radius 2 is 2.17 bits per heavy atom. The summed E-state index contributed by atoms with van der Waals surface area (Å²) in [6.07, 6.45) is 0.628. The second-order valence-electron chi connectivity index (χ2n) is 4.85. The Hall–Kier alpha value is -0.940. The quantitative estimate of drug-likeness (QED) is 0.904. The SMILES string of the molecule is CNCC(c1ccccc1F)C1CCS(=O)(=O)C1. The zero-order valence-electron chi connectivity index (χ0n) is 10.4. The number of rotatable bonds is 4. The first-order valence-electron chi connectivity index (χ1n) is 6.13. The van der Waals surface area contributed by atoms with Crippen LogP contribution in [-0.4, -0.2) is 33.5 Å². The topological polar surface area (TPSA) is 46.2 Å². The van der Waals surface area contributed by atoms with E-state index in [1.807, 2.05) is 0 Å². The van der Waals surface area contributed by atoms with Crippen molar-refractivity contribution in [3.05, 3.63) is 35.6 Å². The van der Waals surface area contributed by atoms with Crippen LogP contribution in [0.1, 0.15) is 17.9 Å². The van der Waals surface area contributed by atoms with Crippen LogP contribution in [0.15, 0.2) is 24.3 Å². The van der Waals surface area contributed by atoms with E-state index in [9.17, 15) is 12.8 Å². The molecular weight excluding hydrogens is 253 g/mol. The summed E-state index contributed by atoms with van der Waals surface area (Å²) in [5, 5.41) is 3.04. The average molecular weight is 271 g/mol. The predicted octanol–water partition coefficient (Wildman–Crippen LogP) is 1.56. The molecule has 1 fully saturated rings. The first-order chi connectivity index (χ1) is 8.53. The first-order valence-corrected chi connectivity index (χ1v) is 7.95. The molecule has 1 N–H and O–H groups in total. The van der Waals surface area contributed by atoms with Gasteiger partial charge in [0, 0.05) is 12.5 Å². The van der Waals surface area contributed by atoms with E-state index >= 15 is 0 Å². The van der Waals surface area contributed by atoms with Gasteiger partial charge in [0.25, 0.3) is 0 Å². The molecule has 0 amide bonds. The highest BCUT2D eigenvalue weighted by molar-refractivity contribution is 7.91. The molecule has 1 saturated heterocycles. The zero-order valence-corrected chi connectivity index (χ0v) is 11.2. The maximum absolute atomic E-state index is 13.8. The molecule has 5 heteroatoms. The van der Waals surface area contributed by atoms with Crippen molar-refractivity contribution in [3.63, 3.8) is 0 Å². The van der Waals surface area contributed by atoms with Crippen LogP contribution in [-0.2, 0) is 9.84 Å². The highest BCUT2D eigenvalue weighted by Gasteiger charge is 2.34. The minimum absolute atomic E-state index is 0.0133. The molecule has 2 atom stereocenters. The standard InChI is InChI=1S/C13H18FNO2S/c1-15-8-12(10-6-7-18(16,17)9-10)11-4-2-3-5-13(11)14/h2-5,10,12,15H,6-9H2,1H3. The fourth-order valence-electron chi connectivity index (χ4n) is 2.67. The first kappa shape index (κ1) is 13.5. The van der Waals surface area contributed by atoms with Gasteiger partial charge in [-0.15, -0.1) is 0 Å². The van der Waals surface area contributed by atoms with Crippen molar-refractivity contribution in [1.29, 1.82) is 0 Å². The summed E-state index contributed by atoms with van der Waals surface area (Å²) >= 11 is 0. The number of halogens is 1. The van der Waals surface area contributed by atoms with Crippen LogP contribution in [0.5, 0.6) is 0 Å². The maximum atomic E-state index is 13.8. The lowest BCUT2D eigenvalue weighted by molar-refractivity contribution is 0.434. The second kappa shape index (κ2) is 5.36. The van der Waals surface area contributed by atoms with E-state index in [4.69, 9.17) is 0 Å². The predicted molar refractivity (Wildman–Crippen MR) is 69.8 cm³/mol. The number of hydrogen-bond acceptors (Lipinski definition) is 3. The summed E-state index contributed by atoms with van der Waals surface area (Å²) in [5.74, 6) is 0.0925. The highest BCUT2D eigenvalue weighted by Crippen LogP contribution is 2.33. The van der Waals surface area contributed by atoms with Crippen molar-refractivity contribution in [2.75, 3.05) is 25.1 Å². The lowest BCUT2D eigenvalue weighted by Gasteiger charge is -2.23. The molecule has 2 unspecified atom stereocenters. The lowest BCUT2D eigenvalue weighted by atomic mass is 9.85. The molecule has 0 aromatic heterocycles. The van der Waals surface area contributed by atoms with Crippen LogP contribution >= 0.6 is 0 Å². The molecule has 2 rings (SSSR count). The van der Waals surface area contributed by atoms with Crippen molar-refractivity contribution >= 4 is 9.84 Å². The van der Waals surface area contributed by atoms with E-state index in [2.05, 4.69) is 5.32 Å². The van der Waals surface area contributed by atoms with E-state index in [0.717, 1.165) is 0 Å². The van der Waals surface area contributed by atoms with Gasteiger partial charge in [0.2, 0.25) is 0 Å². The molecule has 18 heavy (non-hydrogen) atoms. The fraction of sp³-hybridized carbons (Fsp3) is 0.538. The van der Waals surface area contributed by atoms with E-state index in [0.29, 0.717) is 18.5 Å². The highest BCUT2D eigenvalue weighted by atomic mass is 32.2. The molecular formula is C13H18FNO2S. The Bertz CT molecular complexity index is 515. The van der Waals surface area contributed by atoms with Gasteiger partial charge < -0.3 is 5.32 Å². The molecule has 0 bridgehead atoms. The number of sulfone groups is 1. The summed E-state index contributed by atoms with van der Waals surface area (Å²) in [5.41, 5.74) is 0.619. The fourth-order valence-corrected chi connectivity index (χ4v) is 4.55. The molecule has 1 heterocycles. The summed E-state index contributed by atoms with van der Waals surface area (Å²) in [6.45, 7) is 0.598. The monoisotopic (exact) mass is 271 g/mol. The molecule has 1 aliphatic heterocycles. The summed E-state index contributed by atoms with van der Waals surface area (Å²) < 4.78 is 36.9. The van der Waals surface area contributed by atoms with Crippen molar-refractivity contribution in [1.82, 2.24) is 5.32 Å². The lowest BCUT2D eigenvalue weighted by Crippen LogP contribution is -2.26. The third-order valence-corrected chi connectivity index (χ3v) is 5.36. The Labute approximate surface area is 107 Å². The van der Waals surface area contributed by atoms with Gasteiger partial charge >= 0.3 is 0 Å². The van der Waals surface area contributed by atoms with Crippen LogP contribution < -0.4 is 5.32 Å².